The molecule has 0 bridgehead atoms. The van der Waals surface area contributed by atoms with Crippen molar-refractivity contribution in [1.29, 1.82) is 0 Å². The summed E-state index contributed by atoms with van der Waals surface area (Å²) in [6.45, 7) is 2.31. The summed E-state index contributed by atoms with van der Waals surface area (Å²) < 4.78 is 13.0. The Kier molecular flexibility index (Phi) is 2.64. The second kappa shape index (κ2) is 4.63. The van der Waals surface area contributed by atoms with Crippen LogP contribution >= 0.6 is 0 Å². The smallest absolute Gasteiger partial charge is 0.225 e. The highest BCUT2D eigenvalue weighted by molar-refractivity contribution is 5.85. The number of fused-ring (bicyclic) bond motifs is 3. The van der Waals surface area contributed by atoms with Crippen LogP contribution in [0.3, 0.4) is 0 Å². The van der Waals surface area contributed by atoms with Gasteiger partial charge in [0.2, 0.25) is 5.88 Å². The second-order valence-electron chi connectivity index (χ2n) is 4.86. The lowest BCUT2D eigenvalue weighted by Gasteiger charge is -2.08. The van der Waals surface area contributed by atoms with Crippen LogP contribution in [0.5, 0.6) is 5.88 Å². The summed E-state index contributed by atoms with van der Waals surface area (Å²) in [6, 6.07) is 13.6. The van der Waals surface area contributed by atoms with E-state index in [1.165, 1.54) is 0 Å². The molecular weight excluding hydrogens is 266 g/mol. The predicted molar refractivity (Wildman–Crippen MR) is 78.3 cm³/mol. The zero-order valence-electron chi connectivity index (χ0n) is 11.5. The SMILES string of the molecule is Cc1cc2nc(OCc3ccco3)c3ccccc3n2n1. The number of furan rings is 1. The summed E-state index contributed by atoms with van der Waals surface area (Å²) in [5, 5.41) is 5.40. The lowest BCUT2D eigenvalue weighted by atomic mass is 10.2. The molecule has 104 valence electrons. The van der Waals surface area contributed by atoms with E-state index in [0.717, 1.165) is 28.0 Å². The van der Waals surface area contributed by atoms with E-state index in [2.05, 4.69) is 10.1 Å². The van der Waals surface area contributed by atoms with Gasteiger partial charge in [-0.05, 0) is 31.2 Å². The number of benzene rings is 1. The number of hydrogen-bond donors (Lipinski definition) is 0. The highest BCUT2D eigenvalue weighted by Gasteiger charge is 2.11. The lowest BCUT2D eigenvalue weighted by Crippen LogP contribution is -2.00. The highest BCUT2D eigenvalue weighted by atomic mass is 16.5. The molecule has 4 aromatic rings. The number of para-hydroxylation sites is 1. The van der Waals surface area contributed by atoms with Gasteiger partial charge in [-0.25, -0.2) is 4.52 Å². The third-order valence-corrected chi connectivity index (χ3v) is 3.32. The minimum atomic E-state index is 0.354. The van der Waals surface area contributed by atoms with E-state index in [9.17, 15) is 0 Å². The Bertz CT molecular complexity index is 910. The fraction of sp³-hybridized carbons (Fsp3) is 0.125. The van der Waals surface area contributed by atoms with Crippen LogP contribution in [0.4, 0.5) is 0 Å². The van der Waals surface area contributed by atoms with Crippen LogP contribution < -0.4 is 4.74 Å². The third kappa shape index (κ3) is 2.03. The Hall–Kier alpha value is -2.82. The van der Waals surface area contributed by atoms with E-state index in [-0.39, 0.29) is 0 Å². The van der Waals surface area contributed by atoms with E-state index in [4.69, 9.17) is 9.15 Å². The molecule has 0 aliphatic carbocycles. The van der Waals surface area contributed by atoms with Crippen LogP contribution in [0.25, 0.3) is 16.6 Å². The summed E-state index contributed by atoms with van der Waals surface area (Å²) in [4.78, 5) is 4.56. The molecule has 0 atom stereocenters. The Morgan fingerprint density at radius 2 is 2.10 bits per heavy atom. The molecule has 0 N–H and O–H groups in total. The first-order chi connectivity index (χ1) is 10.3. The molecule has 0 saturated carbocycles. The molecule has 0 fully saturated rings. The summed E-state index contributed by atoms with van der Waals surface area (Å²) in [6.07, 6.45) is 1.63. The molecule has 0 aliphatic heterocycles. The number of aryl methyl sites for hydroxylation is 1. The van der Waals surface area contributed by atoms with Crippen LogP contribution in [0.15, 0.2) is 53.1 Å². The van der Waals surface area contributed by atoms with Crippen LogP contribution in [0.1, 0.15) is 11.5 Å². The van der Waals surface area contributed by atoms with Crippen molar-refractivity contribution in [3.63, 3.8) is 0 Å². The number of aromatic nitrogens is 3. The number of nitrogens with zero attached hydrogens (tertiary/aromatic N) is 3. The van der Waals surface area contributed by atoms with Crippen LogP contribution in [-0.4, -0.2) is 14.6 Å². The van der Waals surface area contributed by atoms with Crippen molar-refractivity contribution in [1.82, 2.24) is 14.6 Å². The molecule has 3 heterocycles. The first kappa shape index (κ1) is 12.0. The zero-order chi connectivity index (χ0) is 14.2. The summed E-state index contributed by atoms with van der Waals surface area (Å²) >= 11 is 0. The van der Waals surface area contributed by atoms with Gasteiger partial charge in [-0.3, -0.25) is 0 Å². The van der Waals surface area contributed by atoms with Gasteiger partial charge in [-0.2, -0.15) is 10.1 Å². The van der Waals surface area contributed by atoms with Gasteiger partial charge in [0, 0.05) is 6.07 Å². The summed E-state index contributed by atoms with van der Waals surface area (Å²) in [5.74, 6) is 1.36. The molecule has 3 aromatic heterocycles. The van der Waals surface area contributed by atoms with Crippen molar-refractivity contribution in [3.05, 3.63) is 60.2 Å². The van der Waals surface area contributed by atoms with E-state index >= 15 is 0 Å². The van der Waals surface area contributed by atoms with Gasteiger partial charge >= 0.3 is 0 Å². The van der Waals surface area contributed by atoms with Gasteiger partial charge in [-0.15, -0.1) is 0 Å². The minimum absolute atomic E-state index is 0.354. The molecule has 0 amide bonds. The molecule has 5 heteroatoms. The molecule has 0 saturated heterocycles. The van der Waals surface area contributed by atoms with Crippen molar-refractivity contribution in [2.24, 2.45) is 0 Å². The van der Waals surface area contributed by atoms with Gasteiger partial charge in [-0.1, -0.05) is 12.1 Å². The molecule has 21 heavy (non-hydrogen) atoms. The predicted octanol–water partition coefficient (Wildman–Crippen LogP) is 3.36. The first-order valence-corrected chi connectivity index (χ1v) is 6.71. The maximum absolute atomic E-state index is 5.84. The first-order valence-electron chi connectivity index (χ1n) is 6.71. The van der Waals surface area contributed by atoms with Crippen molar-refractivity contribution < 1.29 is 9.15 Å². The quantitative estimate of drug-likeness (QED) is 0.577. The monoisotopic (exact) mass is 279 g/mol. The highest BCUT2D eigenvalue weighted by Crippen LogP contribution is 2.25. The zero-order valence-corrected chi connectivity index (χ0v) is 11.5. The molecule has 5 nitrogen and oxygen atoms in total. The van der Waals surface area contributed by atoms with Crippen molar-refractivity contribution in [3.8, 4) is 5.88 Å². The van der Waals surface area contributed by atoms with Gasteiger partial charge in [0.25, 0.3) is 0 Å². The van der Waals surface area contributed by atoms with Gasteiger partial charge < -0.3 is 9.15 Å². The molecule has 4 rings (SSSR count). The topological polar surface area (TPSA) is 52.6 Å². The fourth-order valence-electron chi connectivity index (χ4n) is 2.39. The van der Waals surface area contributed by atoms with Crippen molar-refractivity contribution in [2.45, 2.75) is 13.5 Å². The van der Waals surface area contributed by atoms with Crippen LogP contribution in [0.2, 0.25) is 0 Å². The Labute approximate surface area is 120 Å². The van der Waals surface area contributed by atoms with E-state index in [1.54, 1.807) is 6.26 Å². The minimum Gasteiger partial charge on any atom is -0.469 e. The Morgan fingerprint density at radius 3 is 2.95 bits per heavy atom. The fourth-order valence-corrected chi connectivity index (χ4v) is 2.39. The largest absolute Gasteiger partial charge is 0.469 e. The molecule has 0 aliphatic rings. The molecule has 0 radical (unpaired) electrons. The van der Waals surface area contributed by atoms with Gasteiger partial charge in [0.05, 0.1) is 22.9 Å². The van der Waals surface area contributed by atoms with E-state index < -0.39 is 0 Å². The lowest BCUT2D eigenvalue weighted by molar-refractivity contribution is 0.264. The average Bonchev–Trinajstić information content (AvgIpc) is 3.13. The van der Waals surface area contributed by atoms with Crippen LogP contribution in [-0.2, 0) is 6.61 Å². The molecular formula is C16H13N3O2. The van der Waals surface area contributed by atoms with Gasteiger partial charge in [0.1, 0.15) is 12.4 Å². The molecule has 0 unspecified atom stereocenters. The van der Waals surface area contributed by atoms with E-state index in [0.29, 0.717) is 12.5 Å². The van der Waals surface area contributed by atoms with Gasteiger partial charge in [0.15, 0.2) is 5.65 Å². The maximum Gasteiger partial charge on any atom is 0.225 e. The molecule has 1 aromatic carbocycles. The number of ether oxygens (including phenoxy) is 1. The number of hydrogen-bond acceptors (Lipinski definition) is 4. The van der Waals surface area contributed by atoms with Crippen molar-refractivity contribution >= 4 is 16.6 Å². The maximum atomic E-state index is 5.84. The summed E-state index contributed by atoms with van der Waals surface area (Å²) in [7, 11) is 0. The second-order valence-corrected chi connectivity index (χ2v) is 4.86. The average molecular weight is 279 g/mol. The molecule has 0 spiro atoms. The van der Waals surface area contributed by atoms with Crippen LogP contribution in [0, 0.1) is 6.92 Å². The normalized spacial score (nSPS) is 11.3. The van der Waals surface area contributed by atoms with Crippen molar-refractivity contribution in [2.75, 3.05) is 0 Å². The number of rotatable bonds is 3. The van der Waals surface area contributed by atoms with E-state index in [1.807, 2.05) is 53.9 Å². The third-order valence-electron chi connectivity index (χ3n) is 3.32. The standard InChI is InChI=1S/C16H13N3O2/c1-11-9-15-17-16(21-10-12-5-4-8-20-12)13-6-2-3-7-14(13)19(15)18-11/h2-9H,10H2,1H3. The summed E-state index contributed by atoms with van der Waals surface area (Å²) in [5.41, 5.74) is 2.68. The Morgan fingerprint density at radius 1 is 1.19 bits per heavy atom. The Balaban J connectivity index is 1.85.